The van der Waals surface area contributed by atoms with Gasteiger partial charge in [0.15, 0.2) is 0 Å². The van der Waals surface area contributed by atoms with E-state index in [9.17, 15) is 4.79 Å². The molecule has 100 valence electrons. The van der Waals surface area contributed by atoms with Gasteiger partial charge in [-0.1, -0.05) is 6.07 Å². The predicted molar refractivity (Wildman–Crippen MR) is 72.9 cm³/mol. The summed E-state index contributed by atoms with van der Waals surface area (Å²) in [6.07, 6.45) is -0.503. The average molecular weight is 251 g/mol. The number of rotatable bonds is 3. The van der Waals surface area contributed by atoms with Gasteiger partial charge in [0, 0.05) is 6.04 Å². The van der Waals surface area contributed by atoms with Crippen LogP contribution in [-0.2, 0) is 4.74 Å². The van der Waals surface area contributed by atoms with E-state index in [0.29, 0.717) is 5.82 Å². The summed E-state index contributed by atoms with van der Waals surface area (Å²) in [5, 5.41) is 5.76. The van der Waals surface area contributed by atoms with Crippen LogP contribution < -0.4 is 10.6 Å². The molecule has 0 radical (unpaired) electrons. The third-order valence-electron chi connectivity index (χ3n) is 1.81. The first-order valence-electron chi connectivity index (χ1n) is 6.00. The van der Waals surface area contributed by atoms with Gasteiger partial charge in [-0.05, 0) is 46.8 Å². The maximum Gasteiger partial charge on any atom is 0.413 e. The van der Waals surface area contributed by atoms with Gasteiger partial charge in [-0.15, -0.1) is 0 Å². The maximum atomic E-state index is 11.6. The van der Waals surface area contributed by atoms with Crippen LogP contribution in [0.15, 0.2) is 18.2 Å². The molecule has 5 heteroatoms. The van der Waals surface area contributed by atoms with Crippen LogP contribution in [0.1, 0.15) is 34.6 Å². The van der Waals surface area contributed by atoms with Crippen molar-refractivity contribution in [2.75, 3.05) is 10.6 Å². The van der Waals surface area contributed by atoms with Gasteiger partial charge in [0.2, 0.25) is 0 Å². The first-order valence-corrected chi connectivity index (χ1v) is 6.00. The molecule has 0 aliphatic heterocycles. The van der Waals surface area contributed by atoms with Crippen LogP contribution >= 0.6 is 0 Å². The number of carbonyl (C=O) groups excluding carboxylic acids is 1. The van der Waals surface area contributed by atoms with Gasteiger partial charge >= 0.3 is 6.09 Å². The molecular formula is C13H21N3O2. The molecule has 0 atom stereocenters. The number of nitrogens with one attached hydrogen (secondary N) is 2. The van der Waals surface area contributed by atoms with Crippen molar-refractivity contribution in [1.29, 1.82) is 0 Å². The van der Waals surface area contributed by atoms with Crippen molar-refractivity contribution in [2.45, 2.75) is 46.3 Å². The number of ether oxygens (including phenoxy) is 1. The van der Waals surface area contributed by atoms with Crippen molar-refractivity contribution in [3.05, 3.63) is 18.2 Å². The Morgan fingerprint density at radius 2 is 1.89 bits per heavy atom. The number of aromatic nitrogens is 1. The highest BCUT2D eigenvalue weighted by Gasteiger charge is 2.16. The second-order valence-electron chi connectivity index (χ2n) is 5.33. The van der Waals surface area contributed by atoms with Crippen molar-refractivity contribution >= 4 is 17.7 Å². The molecule has 0 bridgehead atoms. The number of hydrogen-bond donors (Lipinski definition) is 2. The molecule has 0 unspecified atom stereocenters. The minimum absolute atomic E-state index is 0.286. The van der Waals surface area contributed by atoms with E-state index >= 15 is 0 Å². The van der Waals surface area contributed by atoms with Crippen molar-refractivity contribution in [3.8, 4) is 0 Å². The molecule has 1 rings (SSSR count). The number of hydrogen-bond acceptors (Lipinski definition) is 4. The van der Waals surface area contributed by atoms with Crippen molar-refractivity contribution in [1.82, 2.24) is 4.98 Å². The summed E-state index contributed by atoms with van der Waals surface area (Å²) >= 11 is 0. The van der Waals surface area contributed by atoms with E-state index in [1.807, 2.05) is 46.8 Å². The Morgan fingerprint density at radius 1 is 1.28 bits per heavy atom. The zero-order valence-electron chi connectivity index (χ0n) is 11.6. The van der Waals surface area contributed by atoms with E-state index in [4.69, 9.17) is 4.74 Å². The fourth-order valence-electron chi connectivity index (χ4n) is 1.29. The Hall–Kier alpha value is -1.78. The molecule has 18 heavy (non-hydrogen) atoms. The summed E-state index contributed by atoms with van der Waals surface area (Å²) in [6, 6.07) is 5.68. The number of pyridine rings is 1. The molecule has 0 spiro atoms. The molecule has 1 aromatic rings. The molecule has 0 aliphatic rings. The van der Waals surface area contributed by atoms with Gasteiger partial charge in [-0.2, -0.15) is 0 Å². The zero-order chi connectivity index (χ0) is 13.8. The highest BCUT2D eigenvalue weighted by atomic mass is 16.6. The molecule has 1 heterocycles. The van der Waals surface area contributed by atoms with E-state index in [0.717, 1.165) is 5.82 Å². The van der Waals surface area contributed by atoms with Crippen molar-refractivity contribution < 1.29 is 9.53 Å². The van der Waals surface area contributed by atoms with Crippen molar-refractivity contribution in [3.63, 3.8) is 0 Å². The Balaban J connectivity index is 2.65. The first-order chi connectivity index (χ1) is 8.26. The van der Waals surface area contributed by atoms with Crippen LogP contribution in [0.25, 0.3) is 0 Å². The fraction of sp³-hybridized carbons (Fsp3) is 0.538. The second kappa shape index (κ2) is 5.71. The van der Waals surface area contributed by atoms with Crippen LogP contribution in [-0.4, -0.2) is 22.7 Å². The lowest BCUT2D eigenvalue weighted by atomic mass is 10.2. The number of amides is 1. The van der Waals surface area contributed by atoms with Gasteiger partial charge in [0.1, 0.15) is 17.2 Å². The number of anilines is 2. The molecule has 0 saturated heterocycles. The van der Waals surface area contributed by atoms with Crippen LogP contribution in [0.4, 0.5) is 16.4 Å². The standard InChI is InChI=1S/C13H21N3O2/c1-9(2)14-10-7-6-8-11(15-10)16-12(17)18-13(3,4)5/h6-9H,1-5H3,(H2,14,15,16,17). The van der Waals surface area contributed by atoms with E-state index in [1.54, 1.807) is 6.07 Å². The summed E-state index contributed by atoms with van der Waals surface area (Å²) in [4.78, 5) is 15.8. The topological polar surface area (TPSA) is 63.2 Å². The Bertz CT molecular complexity index is 411. The normalized spacial score (nSPS) is 11.2. The maximum absolute atomic E-state index is 11.6. The molecule has 0 fully saturated rings. The zero-order valence-corrected chi connectivity index (χ0v) is 11.6. The summed E-state index contributed by atoms with van der Waals surface area (Å²) in [6.45, 7) is 9.50. The molecule has 1 amide bonds. The van der Waals surface area contributed by atoms with Crippen LogP contribution in [0, 0.1) is 0 Å². The quantitative estimate of drug-likeness (QED) is 0.865. The van der Waals surface area contributed by atoms with Crippen molar-refractivity contribution in [2.24, 2.45) is 0 Å². The molecule has 0 aromatic carbocycles. The van der Waals surface area contributed by atoms with Gasteiger partial charge in [-0.25, -0.2) is 9.78 Å². The number of carbonyl (C=O) groups is 1. The van der Waals surface area contributed by atoms with E-state index in [-0.39, 0.29) is 6.04 Å². The van der Waals surface area contributed by atoms with E-state index < -0.39 is 11.7 Å². The molecule has 2 N–H and O–H groups in total. The third-order valence-corrected chi connectivity index (χ3v) is 1.81. The Kier molecular flexibility index (Phi) is 4.53. The van der Waals surface area contributed by atoms with E-state index in [1.165, 1.54) is 0 Å². The van der Waals surface area contributed by atoms with Gasteiger partial charge < -0.3 is 10.1 Å². The monoisotopic (exact) mass is 251 g/mol. The van der Waals surface area contributed by atoms with E-state index in [2.05, 4.69) is 15.6 Å². The lowest BCUT2D eigenvalue weighted by molar-refractivity contribution is 0.0635. The minimum Gasteiger partial charge on any atom is -0.444 e. The SMILES string of the molecule is CC(C)Nc1cccc(NC(=O)OC(C)(C)C)n1. The summed E-state index contributed by atoms with van der Waals surface area (Å²) < 4.78 is 5.15. The van der Waals surface area contributed by atoms with Crippen LogP contribution in [0.5, 0.6) is 0 Å². The van der Waals surface area contributed by atoms with Gasteiger partial charge in [0.05, 0.1) is 0 Å². The Morgan fingerprint density at radius 3 is 2.44 bits per heavy atom. The smallest absolute Gasteiger partial charge is 0.413 e. The molecular weight excluding hydrogens is 230 g/mol. The summed E-state index contributed by atoms with van der Waals surface area (Å²) in [5.74, 6) is 1.19. The average Bonchev–Trinajstić information content (AvgIpc) is 2.13. The van der Waals surface area contributed by atoms with Gasteiger partial charge in [0.25, 0.3) is 0 Å². The molecule has 5 nitrogen and oxygen atoms in total. The summed E-state index contributed by atoms with van der Waals surface area (Å²) in [5.41, 5.74) is -0.516. The third kappa shape index (κ3) is 5.52. The summed E-state index contributed by atoms with van der Waals surface area (Å²) in [7, 11) is 0. The number of nitrogens with zero attached hydrogens (tertiary/aromatic N) is 1. The van der Waals surface area contributed by atoms with Gasteiger partial charge in [-0.3, -0.25) is 5.32 Å². The minimum atomic E-state index is -0.516. The largest absolute Gasteiger partial charge is 0.444 e. The highest BCUT2D eigenvalue weighted by molar-refractivity contribution is 5.83. The fourth-order valence-corrected chi connectivity index (χ4v) is 1.29. The lowest BCUT2D eigenvalue weighted by Crippen LogP contribution is -2.27. The molecule has 0 saturated carbocycles. The lowest BCUT2D eigenvalue weighted by Gasteiger charge is -2.19. The Labute approximate surface area is 108 Å². The highest BCUT2D eigenvalue weighted by Crippen LogP contribution is 2.12. The predicted octanol–water partition coefficient (Wildman–Crippen LogP) is 3.25. The van der Waals surface area contributed by atoms with Crippen LogP contribution in [0.2, 0.25) is 0 Å². The second-order valence-corrected chi connectivity index (χ2v) is 5.33. The molecule has 0 aliphatic carbocycles. The first kappa shape index (κ1) is 14.3. The molecule has 1 aromatic heterocycles. The van der Waals surface area contributed by atoms with Crippen LogP contribution in [0.3, 0.4) is 0 Å².